The quantitative estimate of drug-likeness (QED) is 0.221. The van der Waals surface area contributed by atoms with Crippen LogP contribution in [0.3, 0.4) is 0 Å². The summed E-state index contributed by atoms with van der Waals surface area (Å²) in [6.45, 7) is 2.98. The van der Waals surface area contributed by atoms with Gasteiger partial charge in [-0.25, -0.2) is 4.98 Å². The van der Waals surface area contributed by atoms with Gasteiger partial charge in [0, 0.05) is 24.3 Å². The number of hydrogen-bond acceptors (Lipinski definition) is 7. The Morgan fingerprint density at radius 1 is 0.853 bits per heavy atom. The van der Waals surface area contributed by atoms with Crippen molar-refractivity contribution < 1.29 is 10.2 Å². The number of rotatable bonds is 10. The maximum Gasteiger partial charge on any atom is 0.204 e. The van der Waals surface area contributed by atoms with Gasteiger partial charge in [-0.3, -0.25) is 5.43 Å². The zero-order valence-corrected chi connectivity index (χ0v) is 19.9. The molecule has 0 radical (unpaired) electrons. The van der Waals surface area contributed by atoms with Crippen LogP contribution in [-0.2, 0) is 0 Å². The second-order valence-electron chi connectivity index (χ2n) is 7.72. The van der Waals surface area contributed by atoms with Crippen molar-refractivity contribution in [1.29, 1.82) is 0 Å². The Morgan fingerprint density at radius 2 is 1.44 bits per heavy atom. The first-order valence-corrected chi connectivity index (χ1v) is 12.0. The van der Waals surface area contributed by atoms with Gasteiger partial charge in [0.2, 0.25) is 5.13 Å². The van der Waals surface area contributed by atoms with E-state index >= 15 is 0 Å². The van der Waals surface area contributed by atoms with Crippen LogP contribution in [0.1, 0.15) is 12.5 Å². The van der Waals surface area contributed by atoms with Crippen molar-refractivity contribution in [3.63, 3.8) is 0 Å². The minimum atomic E-state index is 0.0376. The van der Waals surface area contributed by atoms with Crippen LogP contribution in [0.15, 0.2) is 90.0 Å². The lowest BCUT2D eigenvalue weighted by Crippen LogP contribution is -2.29. The van der Waals surface area contributed by atoms with E-state index < -0.39 is 0 Å². The van der Waals surface area contributed by atoms with E-state index in [1.807, 2.05) is 72.5 Å². The molecule has 0 spiro atoms. The fraction of sp³-hybridized carbons (Fsp3) is 0.185. The molecule has 7 heteroatoms. The van der Waals surface area contributed by atoms with Gasteiger partial charge >= 0.3 is 0 Å². The molecule has 0 saturated carbocycles. The van der Waals surface area contributed by atoms with Crippen LogP contribution < -0.4 is 10.3 Å². The molecule has 1 aromatic heterocycles. The summed E-state index contributed by atoms with van der Waals surface area (Å²) >= 11 is 1.58. The Balaban J connectivity index is 1.56. The zero-order chi connectivity index (χ0) is 23.8. The van der Waals surface area contributed by atoms with Crippen LogP contribution in [0.5, 0.6) is 0 Å². The van der Waals surface area contributed by atoms with Crippen LogP contribution in [-0.4, -0.2) is 47.2 Å². The zero-order valence-electron chi connectivity index (χ0n) is 19.1. The molecule has 0 amide bonds. The lowest BCUT2D eigenvalue weighted by molar-refractivity contribution is 0.281. The second kappa shape index (κ2) is 11.6. The van der Waals surface area contributed by atoms with Gasteiger partial charge < -0.3 is 15.1 Å². The van der Waals surface area contributed by atoms with E-state index in [0.717, 1.165) is 43.8 Å². The van der Waals surface area contributed by atoms with Gasteiger partial charge in [0.05, 0.1) is 29.5 Å². The summed E-state index contributed by atoms with van der Waals surface area (Å²) in [5.74, 6) is 0. The standard InChI is InChI=1S/C27H28N4O2S/c1-20(21-12-14-24(15-13-21)31(16-18-32)17-19-33)29-30-27-28-25(22-8-4-2-5-9-22)26(34-27)23-10-6-3-7-11-23/h2-15,32-33H,16-19H2,1H3,(H,28,30). The maximum atomic E-state index is 9.26. The van der Waals surface area contributed by atoms with Crippen molar-refractivity contribution in [2.75, 3.05) is 36.6 Å². The molecule has 0 aliphatic carbocycles. The van der Waals surface area contributed by atoms with Gasteiger partial charge in [-0.2, -0.15) is 5.10 Å². The van der Waals surface area contributed by atoms with Crippen molar-refractivity contribution in [3.8, 4) is 21.7 Å². The number of thiazole rings is 1. The first-order chi connectivity index (χ1) is 16.7. The molecule has 1 heterocycles. The number of aliphatic hydroxyl groups is 2. The average molecular weight is 473 g/mol. The summed E-state index contributed by atoms with van der Waals surface area (Å²) in [7, 11) is 0. The highest BCUT2D eigenvalue weighted by molar-refractivity contribution is 7.19. The molecule has 0 aliphatic rings. The number of hydrazone groups is 1. The number of nitrogens with zero attached hydrogens (tertiary/aromatic N) is 3. The maximum absolute atomic E-state index is 9.26. The first-order valence-electron chi connectivity index (χ1n) is 11.2. The Labute approximate surface area is 203 Å². The van der Waals surface area contributed by atoms with Crippen LogP contribution in [0.25, 0.3) is 21.7 Å². The molecule has 4 rings (SSSR count). The van der Waals surface area contributed by atoms with E-state index in [2.05, 4.69) is 34.8 Å². The molecule has 3 aromatic carbocycles. The lowest BCUT2D eigenvalue weighted by Gasteiger charge is -2.23. The predicted octanol–water partition coefficient (Wildman–Crippen LogP) is 5.10. The summed E-state index contributed by atoms with van der Waals surface area (Å²) in [5.41, 5.74) is 9.03. The topological polar surface area (TPSA) is 81.0 Å². The van der Waals surface area contributed by atoms with Gasteiger partial charge in [0.1, 0.15) is 0 Å². The highest BCUT2D eigenvalue weighted by atomic mass is 32.1. The molecular formula is C27H28N4O2S. The molecule has 0 atom stereocenters. The molecule has 0 aliphatic heterocycles. The smallest absolute Gasteiger partial charge is 0.204 e. The van der Waals surface area contributed by atoms with E-state index in [1.54, 1.807) is 11.3 Å². The summed E-state index contributed by atoms with van der Waals surface area (Å²) in [4.78, 5) is 7.89. The monoisotopic (exact) mass is 472 g/mol. The van der Waals surface area contributed by atoms with Crippen molar-refractivity contribution in [1.82, 2.24) is 4.98 Å². The number of aliphatic hydroxyl groups excluding tert-OH is 2. The number of anilines is 2. The molecular weight excluding hydrogens is 444 g/mol. The molecule has 0 unspecified atom stereocenters. The fourth-order valence-electron chi connectivity index (χ4n) is 3.67. The van der Waals surface area contributed by atoms with Gasteiger partial charge in [0.15, 0.2) is 0 Å². The van der Waals surface area contributed by atoms with E-state index in [4.69, 9.17) is 4.98 Å². The summed E-state index contributed by atoms with van der Waals surface area (Å²) in [5, 5.41) is 23.8. The number of hydrogen-bond donors (Lipinski definition) is 3. The van der Waals surface area contributed by atoms with Crippen molar-refractivity contribution in [2.24, 2.45) is 5.10 Å². The van der Waals surface area contributed by atoms with Crippen molar-refractivity contribution in [3.05, 3.63) is 90.5 Å². The minimum Gasteiger partial charge on any atom is -0.395 e. The normalized spacial score (nSPS) is 11.4. The first kappa shape index (κ1) is 23.6. The number of aromatic nitrogens is 1. The van der Waals surface area contributed by atoms with Gasteiger partial charge in [-0.1, -0.05) is 84.1 Å². The fourth-order valence-corrected chi connectivity index (χ4v) is 4.60. The van der Waals surface area contributed by atoms with Crippen molar-refractivity contribution >= 4 is 27.9 Å². The van der Waals surface area contributed by atoms with Crippen LogP contribution in [0, 0.1) is 0 Å². The highest BCUT2D eigenvalue weighted by Gasteiger charge is 2.15. The molecule has 0 fully saturated rings. The lowest BCUT2D eigenvalue weighted by atomic mass is 10.1. The summed E-state index contributed by atoms with van der Waals surface area (Å²) in [6.07, 6.45) is 0. The van der Waals surface area contributed by atoms with E-state index in [-0.39, 0.29) is 13.2 Å². The second-order valence-corrected chi connectivity index (χ2v) is 8.72. The number of benzene rings is 3. The third-order valence-corrected chi connectivity index (χ3v) is 6.43. The van der Waals surface area contributed by atoms with Crippen LogP contribution >= 0.6 is 11.3 Å². The van der Waals surface area contributed by atoms with E-state index in [9.17, 15) is 10.2 Å². The molecule has 34 heavy (non-hydrogen) atoms. The third-order valence-electron chi connectivity index (χ3n) is 5.42. The summed E-state index contributed by atoms with van der Waals surface area (Å²) < 4.78 is 0. The number of nitrogens with one attached hydrogen (secondary N) is 1. The molecule has 0 bridgehead atoms. The van der Waals surface area contributed by atoms with E-state index in [0.29, 0.717) is 13.1 Å². The van der Waals surface area contributed by atoms with Crippen LogP contribution in [0.2, 0.25) is 0 Å². The Kier molecular flexibility index (Phi) is 8.04. The van der Waals surface area contributed by atoms with Crippen molar-refractivity contribution in [2.45, 2.75) is 6.92 Å². The SMILES string of the molecule is CC(=NNc1nc(-c2ccccc2)c(-c2ccccc2)s1)c1ccc(N(CCO)CCO)cc1. The molecule has 0 saturated heterocycles. The third kappa shape index (κ3) is 5.69. The minimum absolute atomic E-state index is 0.0376. The Bertz CT molecular complexity index is 1150. The summed E-state index contributed by atoms with van der Waals surface area (Å²) in [6, 6.07) is 28.4. The molecule has 6 nitrogen and oxygen atoms in total. The van der Waals surface area contributed by atoms with E-state index in [1.165, 1.54) is 0 Å². The molecule has 174 valence electrons. The Morgan fingerprint density at radius 3 is 2.03 bits per heavy atom. The average Bonchev–Trinajstić information content (AvgIpc) is 3.33. The predicted molar refractivity (Wildman–Crippen MR) is 142 cm³/mol. The largest absolute Gasteiger partial charge is 0.395 e. The van der Waals surface area contributed by atoms with Gasteiger partial charge in [0.25, 0.3) is 0 Å². The van der Waals surface area contributed by atoms with Gasteiger partial charge in [-0.15, -0.1) is 0 Å². The van der Waals surface area contributed by atoms with Crippen LogP contribution in [0.4, 0.5) is 10.8 Å². The molecule has 4 aromatic rings. The van der Waals surface area contributed by atoms with Gasteiger partial charge in [-0.05, 0) is 30.2 Å². The highest BCUT2D eigenvalue weighted by Crippen LogP contribution is 2.38. The Hall–Kier alpha value is -3.52. The molecule has 3 N–H and O–H groups in total.